The monoisotopic (exact) mass is 374 g/mol. The highest BCUT2D eigenvalue weighted by Crippen LogP contribution is 2.19. The van der Waals surface area contributed by atoms with Crippen molar-refractivity contribution < 1.29 is 13.2 Å². The molecule has 2 rings (SSSR count). The number of sulfonamides is 1. The molecule has 1 amide bonds. The van der Waals surface area contributed by atoms with Crippen molar-refractivity contribution in [1.82, 2.24) is 4.72 Å². The molecule has 0 aliphatic carbocycles. The number of para-hydroxylation sites is 1. The van der Waals surface area contributed by atoms with Crippen molar-refractivity contribution in [1.29, 1.82) is 0 Å². The molecule has 1 N–H and O–H groups in total. The maximum absolute atomic E-state index is 12.9. The molecule has 2 aromatic carbocycles. The topological polar surface area (TPSA) is 66.5 Å². The molecule has 0 unspecified atom stereocenters. The first-order valence-electron chi connectivity index (χ1n) is 8.81. The molecule has 0 bridgehead atoms. The Bertz CT molecular complexity index is 833. The summed E-state index contributed by atoms with van der Waals surface area (Å²) >= 11 is 0. The van der Waals surface area contributed by atoms with E-state index in [2.05, 4.69) is 4.72 Å². The number of nitrogens with one attached hydrogen (secondary N) is 1. The Hall–Kier alpha value is -2.18. The zero-order valence-corrected chi connectivity index (χ0v) is 16.3. The van der Waals surface area contributed by atoms with Gasteiger partial charge in [0.25, 0.3) is 5.91 Å². The highest BCUT2D eigenvalue weighted by molar-refractivity contribution is 7.89. The lowest BCUT2D eigenvalue weighted by Gasteiger charge is -2.21. The molecule has 0 spiro atoms. The third-order valence-corrected chi connectivity index (χ3v) is 5.49. The maximum atomic E-state index is 12.9. The van der Waals surface area contributed by atoms with Gasteiger partial charge in [0.15, 0.2) is 0 Å². The van der Waals surface area contributed by atoms with Crippen LogP contribution in [0.3, 0.4) is 0 Å². The first-order chi connectivity index (χ1) is 12.3. The van der Waals surface area contributed by atoms with Gasteiger partial charge in [-0.3, -0.25) is 4.79 Å². The Kier molecular flexibility index (Phi) is 6.94. The van der Waals surface area contributed by atoms with Crippen LogP contribution in [0.4, 0.5) is 5.69 Å². The minimum Gasteiger partial charge on any atom is -0.309 e. The lowest BCUT2D eigenvalue weighted by Crippen LogP contribution is -2.31. The molecule has 6 heteroatoms. The molecule has 26 heavy (non-hydrogen) atoms. The van der Waals surface area contributed by atoms with Gasteiger partial charge in [-0.1, -0.05) is 38.1 Å². The molecule has 0 saturated carbocycles. The fourth-order valence-electron chi connectivity index (χ4n) is 2.57. The number of rotatable bonds is 8. The second kappa shape index (κ2) is 8.96. The lowest BCUT2D eigenvalue weighted by molar-refractivity contribution is 0.0988. The van der Waals surface area contributed by atoms with E-state index in [0.717, 1.165) is 12.1 Å². The molecule has 0 fully saturated rings. The smallest absolute Gasteiger partial charge is 0.258 e. The van der Waals surface area contributed by atoms with Gasteiger partial charge in [0.2, 0.25) is 10.0 Å². The molecular formula is C20H26N2O3S. The Balaban J connectivity index is 2.23. The van der Waals surface area contributed by atoms with E-state index in [0.29, 0.717) is 24.6 Å². The average molecular weight is 375 g/mol. The standard InChI is InChI=1S/C20H26N2O3S/c1-4-22(18-10-6-5-7-11-18)20(23)17-9-8-12-19(15-17)26(24,25)21-14-13-16(2)3/h5-12,15-16,21H,4,13-14H2,1-3H3. The quantitative estimate of drug-likeness (QED) is 0.766. The van der Waals surface area contributed by atoms with E-state index < -0.39 is 10.0 Å². The molecular weight excluding hydrogens is 348 g/mol. The summed E-state index contributed by atoms with van der Waals surface area (Å²) in [6.07, 6.45) is 0.759. The number of hydrogen-bond acceptors (Lipinski definition) is 3. The van der Waals surface area contributed by atoms with Crippen molar-refractivity contribution in [2.75, 3.05) is 18.0 Å². The predicted octanol–water partition coefficient (Wildman–Crippen LogP) is 3.68. The minimum atomic E-state index is -3.63. The van der Waals surface area contributed by atoms with Crippen LogP contribution < -0.4 is 9.62 Å². The van der Waals surface area contributed by atoms with Crippen molar-refractivity contribution in [2.24, 2.45) is 5.92 Å². The van der Waals surface area contributed by atoms with Crippen LogP contribution >= 0.6 is 0 Å². The molecule has 0 aromatic heterocycles. The van der Waals surface area contributed by atoms with Crippen molar-refractivity contribution >= 4 is 21.6 Å². The fraction of sp³-hybridized carbons (Fsp3) is 0.350. The van der Waals surface area contributed by atoms with Crippen molar-refractivity contribution in [2.45, 2.75) is 32.1 Å². The number of carbonyl (C=O) groups excluding carboxylic acids is 1. The second-order valence-corrected chi connectivity index (χ2v) is 8.26. The van der Waals surface area contributed by atoms with Gasteiger partial charge in [-0.05, 0) is 49.6 Å². The summed E-state index contributed by atoms with van der Waals surface area (Å²) in [6, 6.07) is 15.5. The van der Waals surface area contributed by atoms with E-state index in [1.54, 1.807) is 17.0 Å². The number of amides is 1. The van der Waals surface area contributed by atoms with E-state index >= 15 is 0 Å². The highest BCUT2D eigenvalue weighted by Gasteiger charge is 2.19. The number of nitrogens with zero attached hydrogens (tertiary/aromatic N) is 1. The molecule has 0 atom stereocenters. The van der Waals surface area contributed by atoms with Gasteiger partial charge in [0.05, 0.1) is 4.90 Å². The van der Waals surface area contributed by atoms with Crippen LogP contribution in [0.5, 0.6) is 0 Å². The van der Waals surface area contributed by atoms with E-state index in [1.165, 1.54) is 12.1 Å². The molecule has 2 aromatic rings. The summed E-state index contributed by atoms with van der Waals surface area (Å²) in [5.41, 5.74) is 1.13. The van der Waals surface area contributed by atoms with Gasteiger partial charge >= 0.3 is 0 Å². The Morgan fingerprint density at radius 1 is 1.08 bits per heavy atom. The maximum Gasteiger partial charge on any atom is 0.258 e. The number of carbonyl (C=O) groups is 1. The van der Waals surface area contributed by atoms with Crippen LogP contribution in [-0.4, -0.2) is 27.4 Å². The fourth-order valence-corrected chi connectivity index (χ4v) is 3.66. The average Bonchev–Trinajstić information content (AvgIpc) is 2.63. The summed E-state index contributed by atoms with van der Waals surface area (Å²) in [5, 5.41) is 0. The van der Waals surface area contributed by atoms with Gasteiger partial charge in [0.1, 0.15) is 0 Å². The minimum absolute atomic E-state index is 0.108. The Morgan fingerprint density at radius 3 is 2.38 bits per heavy atom. The van der Waals surface area contributed by atoms with Crippen LogP contribution in [0, 0.1) is 5.92 Å². The summed E-state index contributed by atoms with van der Waals surface area (Å²) in [5.74, 6) is 0.188. The molecule has 0 saturated heterocycles. The highest BCUT2D eigenvalue weighted by atomic mass is 32.2. The summed E-state index contributed by atoms with van der Waals surface area (Å²) in [4.78, 5) is 14.6. The first-order valence-corrected chi connectivity index (χ1v) is 10.3. The predicted molar refractivity (Wildman–Crippen MR) is 105 cm³/mol. The lowest BCUT2D eigenvalue weighted by atomic mass is 10.1. The normalized spacial score (nSPS) is 11.5. The SMILES string of the molecule is CCN(C(=O)c1cccc(S(=O)(=O)NCCC(C)C)c1)c1ccccc1. The van der Waals surface area contributed by atoms with E-state index in [1.807, 2.05) is 51.1 Å². The summed E-state index contributed by atoms with van der Waals surface area (Å²) < 4.78 is 27.5. The Labute approximate surface area is 156 Å². The zero-order valence-electron chi connectivity index (χ0n) is 15.5. The summed E-state index contributed by atoms with van der Waals surface area (Å²) in [7, 11) is -3.63. The van der Waals surface area contributed by atoms with Gasteiger partial charge < -0.3 is 4.90 Å². The van der Waals surface area contributed by atoms with Gasteiger partial charge in [-0.15, -0.1) is 0 Å². The second-order valence-electron chi connectivity index (χ2n) is 6.49. The summed E-state index contributed by atoms with van der Waals surface area (Å²) in [6.45, 7) is 6.84. The molecule has 0 aliphatic heterocycles. The number of benzene rings is 2. The van der Waals surface area contributed by atoms with E-state index in [4.69, 9.17) is 0 Å². The molecule has 0 radical (unpaired) electrons. The third-order valence-electron chi connectivity index (χ3n) is 4.03. The van der Waals surface area contributed by atoms with Crippen LogP contribution in [0.2, 0.25) is 0 Å². The van der Waals surface area contributed by atoms with Crippen molar-refractivity contribution in [3.05, 3.63) is 60.2 Å². The van der Waals surface area contributed by atoms with Gasteiger partial charge in [-0.25, -0.2) is 13.1 Å². The largest absolute Gasteiger partial charge is 0.309 e. The van der Waals surface area contributed by atoms with Crippen molar-refractivity contribution in [3.63, 3.8) is 0 Å². The van der Waals surface area contributed by atoms with Gasteiger partial charge in [0, 0.05) is 24.3 Å². The number of hydrogen-bond donors (Lipinski definition) is 1. The van der Waals surface area contributed by atoms with E-state index in [-0.39, 0.29) is 10.8 Å². The van der Waals surface area contributed by atoms with Crippen molar-refractivity contribution in [3.8, 4) is 0 Å². The first kappa shape index (κ1) is 20.1. The third kappa shape index (κ3) is 5.16. The molecule has 0 heterocycles. The van der Waals surface area contributed by atoms with Crippen LogP contribution in [0.1, 0.15) is 37.6 Å². The van der Waals surface area contributed by atoms with E-state index in [9.17, 15) is 13.2 Å². The molecule has 0 aliphatic rings. The molecule has 140 valence electrons. The molecule has 5 nitrogen and oxygen atoms in total. The van der Waals surface area contributed by atoms with Crippen LogP contribution in [-0.2, 0) is 10.0 Å². The Morgan fingerprint density at radius 2 is 1.77 bits per heavy atom. The zero-order chi connectivity index (χ0) is 19.2. The van der Waals surface area contributed by atoms with Crippen LogP contribution in [0.15, 0.2) is 59.5 Å². The van der Waals surface area contributed by atoms with Crippen LogP contribution in [0.25, 0.3) is 0 Å². The number of anilines is 1. The van der Waals surface area contributed by atoms with Gasteiger partial charge in [-0.2, -0.15) is 0 Å².